The molecule has 0 amide bonds. The molecule has 164 valence electrons. The lowest BCUT2D eigenvalue weighted by Gasteiger charge is -2.31. The number of benzene rings is 1. The summed E-state index contributed by atoms with van der Waals surface area (Å²) in [4.78, 5) is 22.4. The second kappa shape index (κ2) is 9.13. The maximum Gasteiger partial charge on any atom is 0.330 e. The predicted molar refractivity (Wildman–Crippen MR) is 104 cm³/mol. The first kappa shape index (κ1) is 22.2. The summed E-state index contributed by atoms with van der Waals surface area (Å²) in [6.07, 6.45) is -1.94. The highest BCUT2D eigenvalue weighted by Crippen LogP contribution is 2.40. The summed E-state index contributed by atoms with van der Waals surface area (Å²) >= 11 is 0. The highest BCUT2D eigenvalue weighted by molar-refractivity contribution is 5.80. The zero-order chi connectivity index (χ0) is 21.9. The number of carboxylic acid groups (broad SMARTS) is 2. The summed E-state index contributed by atoms with van der Waals surface area (Å²) < 4.78 is 23.9. The Morgan fingerprint density at radius 1 is 1.23 bits per heavy atom. The van der Waals surface area contributed by atoms with E-state index in [2.05, 4.69) is 5.32 Å². The summed E-state index contributed by atoms with van der Waals surface area (Å²) in [7, 11) is 0. The molecule has 0 aromatic heterocycles. The van der Waals surface area contributed by atoms with Crippen LogP contribution in [0.15, 0.2) is 42.1 Å². The van der Waals surface area contributed by atoms with Crippen LogP contribution in [0.25, 0.3) is 0 Å². The molecule has 9 nitrogen and oxygen atoms in total. The number of hydrogen-bond donors (Lipinski definition) is 3. The van der Waals surface area contributed by atoms with E-state index in [0.29, 0.717) is 5.70 Å². The van der Waals surface area contributed by atoms with Gasteiger partial charge in [0.25, 0.3) is 0 Å². The topological polar surface area (TPSA) is 124 Å². The Hall–Kier alpha value is -2.46. The van der Waals surface area contributed by atoms with Crippen LogP contribution in [0.3, 0.4) is 0 Å². The van der Waals surface area contributed by atoms with E-state index in [1.165, 1.54) is 0 Å². The molecule has 5 atom stereocenters. The molecule has 0 spiro atoms. The SMILES string of the molecule is C/C(=C\C(=O)O)NC(CC(=O)O)[C@H]1O[C@@H]2OC(C)(C)O[C@@H]2[C@H]1OCc1ccccc1. The molecule has 2 aliphatic heterocycles. The van der Waals surface area contributed by atoms with Crippen molar-refractivity contribution in [1.82, 2.24) is 5.32 Å². The number of rotatable bonds is 9. The Kier molecular flexibility index (Phi) is 6.77. The average molecular weight is 421 g/mol. The van der Waals surface area contributed by atoms with Crippen LogP contribution in [0, 0.1) is 0 Å². The number of nitrogens with one attached hydrogen (secondary N) is 1. The van der Waals surface area contributed by atoms with Gasteiger partial charge in [0, 0.05) is 11.8 Å². The summed E-state index contributed by atoms with van der Waals surface area (Å²) in [5.41, 5.74) is 1.25. The van der Waals surface area contributed by atoms with Crippen LogP contribution in [0.1, 0.15) is 32.8 Å². The maximum absolute atomic E-state index is 11.5. The Morgan fingerprint density at radius 3 is 2.57 bits per heavy atom. The first-order valence-corrected chi connectivity index (χ1v) is 9.71. The third-order valence-corrected chi connectivity index (χ3v) is 4.86. The van der Waals surface area contributed by atoms with E-state index in [9.17, 15) is 14.7 Å². The van der Waals surface area contributed by atoms with Crippen molar-refractivity contribution in [3.8, 4) is 0 Å². The summed E-state index contributed by atoms with van der Waals surface area (Å²) in [5, 5.41) is 21.3. The fourth-order valence-corrected chi connectivity index (χ4v) is 3.74. The van der Waals surface area contributed by atoms with Crippen molar-refractivity contribution in [1.29, 1.82) is 0 Å². The summed E-state index contributed by atoms with van der Waals surface area (Å²) in [6, 6.07) is 8.80. The summed E-state index contributed by atoms with van der Waals surface area (Å²) in [6.45, 7) is 5.37. The molecule has 2 aliphatic rings. The fourth-order valence-electron chi connectivity index (χ4n) is 3.74. The van der Waals surface area contributed by atoms with Gasteiger partial charge in [-0.15, -0.1) is 0 Å². The Labute approximate surface area is 174 Å². The minimum Gasteiger partial charge on any atom is -0.481 e. The number of carbonyl (C=O) groups is 2. The molecule has 0 aliphatic carbocycles. The van der Waals surface area contributed by atoms with Gasteiger partial charge in [-0.05, 0) is 26.3 Å². The van der Waals surface area contributed by atoms with E-state index in [-0.39, 0.29) is 13.0 Å². The van der Waals surface area contributed by atoms with Crippen LogP contribution in [-0.4, -0.2) is 58.6 Å². The highest BCUT2D eigenvalue weighted by Gasteiger charge is 2.57. The minimum absolute atomic E-state index is 0.280. The van der Waals surface area contributed by atoms with Gasteiger partial charge in [0.15, 0.2) is 12.1 Å². The van der Waals surface area contributed by atoms with E-state index in [1.807, 2.05) is 30.3 Å². The molecule has 1 aromatic carbocycles. The molecule has 30 heavy (non-hydrogen) atoms. The third-order valence-electron chi connectivity index (χ3n) is 4.86. The molecule has 2 fully saturated rings. The van der Waals surface area contributed by atoms with Crippen LogP contribution < -0.4 is 5.32 Å². The highest BCUT2D eigenvalue weighted by atomic mass is 16.8. The lowest BCUT2D eigenvalue weighted by molar-refractivity contribution is -0.222. The fraction of sp³-hybridized carbons (Fsp3) is 0.524. The van der Waals surface area contributed by atoms with Crippen LogP contribution in [0.2, 0.25) is 0 Å². The van der Waals surface area contributed by atoms with Crippen molar-refractivity contribution in [2.45, 2.75) is 70.2 Å². The average Bonchev–Trinajstić information content (AvgIpc) is 3.11. The van der Waals surface area contributed by atoms with Crippen molar-refractivity contribution in [2.24, 2.45) is 0 Å². The number of hydrogen-bond acceptors (Lipinski definition) is 7. The van der Waals surface area contributed by atoms with Crippen molar-refractivity contribution in [3.05, 3.63) is 47.7 Å². The lowest BCUT2D eigenvalue weighted by Crippen LogP contribution is -2.49. The number of fused-ring (bicyclic) bond motifs is 1. The molecule has 0 radical (unpaired) electrons. The van der Waals surface area contributed by atoms with Crippen molar-refractivity contribution in [3.63, 3.8) is 0 Å². The normalized spacial score (nSPS) is 28.7. The standard InChI is InChI=1S/C21H27NO8/c1-12(9-15(23)24)22-14(10-16(25)26)17-18(27-11-13-7-5-4-6-8-13)19-20(28-17)30-21(2,3)29-19/h4-9,14,17-20,22H,10-11H2,1-3H3,(H,23,24)(H,25,26)/b12-9+/t14?,17-,18+,19-,20-/m1/s1. The van der Waals surface area contributed by atoms with E-state index in [0.717, 1.165) is 11.6 Å². The zero-order valence-corrected chi connectivity index (χ0v) is 17.1. The van der Waals surface area contributed by atoms with Crippen LogP contribution in [-0.2, 0) is 35.1 Å². The molecule has 2 saturated heterocycles. The largest absolute Gasteiger partial charge is 0.481 e. The zero-order valence-electron chi connectivity index (χ0n) is 17.1. The van der Waals surface area contributed by atoms with E-state index >= 15 is 0 Å². The van der Waals surface area contributed by atoms with Gasteiger partial charge in [0.2, 0.25) is 0 Å². The number of allylic oxidation sites excluding steroid dienone is 1. The predicted octanol–water partition coefficient (Wildman–Crippen LogP) is 1.87. The van der Waals surface area contributed by atoms with E-state index < -0.39 is 48.4 Å². The molecule has 0 saturated carbocycles. The molecule has 3 rings (SSSR count). The Bertz CT molecular complexity index is 793. The van der Waals surface area contributed by atoms with Gasteiger partial charge >= 0.3 is 11.9 Å². The Balaban J connectivity index is 1.82. The van der Waals surface area contributed by atoms with E-state index in [4.69, 9.17) is 24.1 Å². The number of ether oxygens (including phenoxy) is 4. The van der Waals surface area contributed by atoms with Gasteiger partial charge in [-0.3, -0.25) is 4.79 Å². The monoisotopic (exact) mass is 421 g/mol. The first-order chi connectivity index (χ1) is 14.1. The molecule has 0 bridgehead atoms. The quantitative estimate of drug-likeness (QED) is 0.513. The van der Waals surface area contributed by atoms with Gasteiger partial charge in [0.05, 0.1) is 19.1 Å². The van der Waals surface area contributed by atoms with Crippen molar-refractivity contribution in [2.75, 3.05) is 0 Å². The van der Waals surface area contributed by atoms with Gasteiger partial charge in [-0.1, -0.05) is 30.3 Å². The number of carboxylic acids is 2. The van der Waals surface area contributed by atoms with Crippen LogP contribution in [0.4, 0.5) is 0 Å². The molecular formula is C21H27NO8. The first-order valence-electron chi connectivity index (χ1n) is 9.71. The molecule has 1 unspecified atom stereocenters. The van der Waals surface area contributed by atoms with Crippen LogP contribution in [0.5, 0.6) is 0 Å². The van der Waals surface area contributed by atoms with Crippen LogP contribution >= 0.6 is 0 Å². The summed E-state index contributed by atoms with van der Waals surface area (Å²) in [5.74, 6) is -3.05. The number of aliphatic carboxylic acids is 2. The molecule has 3 N–H and O–H groups in total. The van der Waals surface area contributed by atoms with Gasteiger partial charge in [-0.2, -0.15) is 0 Å². The van der Waals surface area contributed by atoms with Crippen molar-refractivity contribution >= 4 is 11.9 Å². The Morgan fingerprint density at radius 2 is 1.93 bits per heavy atom. The minimum atomic E-state index is -1.14. The second-order valence-electron chi connectivity index (χ2n) is 7.84. The maximum atomic E-state index is 11.5. The molecular weight excluding hydrogens is 394 g/mol. The second-order valence-corrected chi connectivity index (χ2v) is 7.84. The van der Waals surface area contributed by atoms with Crippen molar-refractivity contribution < 1.29 is 38.7 Å². The van der Waals surface area contributed by atoms with Gasteiger partial charge < -0.3 is 34.5 Å². The molecule has 2 heterocycles. The lowest BCUT2D eigenvalue weighted by atomic mass is 10.00. The smallest absolute Gasteiger partial charge is 0.330 e. The molecule has 1 aromatic rings. The van der Waals surface area contributed by atoms with E-state index in [1.54, 1.807) is 20.8 Å². The van der Waals surface area contributed by atoms with Gasteiger partial charge in [-0.25, -0.2) is 4.79 Å². The third kappa shape index (κ3) is 5.57. The van der Waals surface area contributed by atoms with Gasteiger partial charge in [0.1, 0.15) is 18.3 Å². The molecule has 9 heteroatoms.